The van der Waals surface area contributed by atoms with Crippen LogP contribution in [0.4, 0.5) is 5.13 Å². The first-order chi connectivity index (χ1) is 10.7. The second kappa shape index (κ2) is 8.48. The fourth-order valence-electron chi connectivity index (χ4n) is 2.02. The zero-order chi connectivity index (χ0) is 15.8. The van der Waals surface area contributed by atoms with E-state index in [0.29, 0.717) is 10.7 Å². The van der Waals surface area contributed by atoms with E-state index >= 15 is 0 Å². The number of amides is 1. The first kappa shape index (κ1) is 16.4. The standard InChI is InChI=1S/C16H21N3O2S/c1-3-4-5-6-7-14-18-19-16(22-14)17-15(20)12-8-10-13(21-2)11-9-12/h8-11H,3-7H2,1-2H3,(H,17,19,20). The topological polar surface area (TPSA) is 64.1 Å². The number of carbonyl (C=O) groups is 1. The minimum atomic E-state index is -0.184. The normalized spacial score (nSPS) is 10.5. The van der Waals surface area contributed by atoms with Crippen molar-refractivity contribution in [2.45, 2.75) is 39.0 Å². The van der Waals surface area contributed by atoms with E-state index in [1.807, 2.05) is 0 Å². The number of methoxy groups -OCH3 is 1. The van der Waals surface area contributed by atoms with Crippen LogP contribution in [0.5, 0.6) is 5.75 Å². The van der Waals surface area contributed by atoms with Crippen LogP contribution in [0.25, 0.3) is 0 Å². The van der Waals surface area contributed by atoms with Crippen molar-refractivity contribution in [1.29, 1.82) is 0 Å². The highest BCUT2D eigenvalue weighted by Crippen LogP contribution is 2.19. The zero-order valence-corrected chi connectivity index (χ0v) is 13.8. The van der Waals surface area contributed by atoms with Crippen molar-refractivity contribution < 1.29 is 9.53 Å². The van der Waals surface area contributed by atoms with Crippen LogP contribution in [0.2, 0.25) is 0 Å². The van der Waals surface area contributed by atoms with E-state index in [0.717, 1.165) is 23.6 Å². The van der Waals surface area contributed by atoms with Crippen molar-refractivity contribution in [3.63, 3.8) is 0 Å². The summed E-state index contributed by atoms with van der Waals surface area (Å²) in [5, 5.41) is 12.5. The van der Waals surface area contributed by atoms with Crippen LogP contribution >= 0.6 is 11.3 Å². The molecule has 118 valence electrons. The SMILES string of the molecule is CCCCCCc1nnc(NC(=O)c2ccc(OC)cc2)s1. The third-order valence-corrected chi connectivity index (χ3v) is 4.18. The Balaban J connectivity index is 1.87. The van der Waals surface area contributed by atoms with Gasteiger partial charge in [-0.3, -0.25) is 10.1 Å². The number of nitrogens with zero attached hydrogens (tertiary/aromatic N) is 2. The minimum absolute atomic E-state index is 0.184. The molecule has 1 aromatic carbocycles. The maximum atomic E-state index is 12.1. The second-order valence-corrected chi connectivity index (χ2v) is 6.06. The Morgan fingerprint density at radius 3 is 2.64 bits per heavy atom. The molecule has 0 aliphatic rings. The number of aryl methyl sites for hydroxylation is 1. The van der Waals surface area contributed by atoms with Gasteiger partial charge in [0.05, 0.1) is 7.11 Å². The van der Waals surface area contributed by atoms with Crippen LogP contribution in [0.3, 0.4) is 0 Å². The van der Waals surface area contributed by atoms with E-state index in [9.17, 15) is 4.79 Å². The summed E-state index contributed by atoms with van der Waals surface area (Å²) in [6.07, 6.45) is 5.73. The number of anilines is 1. The van der Waals surface area contributed by atoms with E-state index in [2.05, 4.69) is 22.4 Å². The Hall–Kier alpha value is -1.95. The Morgan fingerprint density at radius 1 is 1.18 bits per heavy atom. The molecule has 0 saturated carbocycles. The molecule has 22 heavy (non-hydrogen) atoms. The Morgan fingerprint density at radius 2 is 1.95 bits per heavy atom. The largest absolute Gasteiger partial charge is 0.497 e. The Bertz CT molecular complexity index is 596. The lowest BCUT2D eigenvalue weighted by Crippen LogP contribution is -2.11. The summed E-state index contributed by atoms with van der Waals surface area (Å²) >= 11 is 1.44. The molecule has 0 aliphatic heterocycles. The lowest BCUT2D eigenvalue weighted by atomic mass is 10.2. The van der Waals surface area contributed by atoms with Crippen LogP contribution in [0, 0.1) is 0 Å². The first-order valence-electron chi connectivity index (χ1n) is 7.50. The van der Waals surface area contributed by atoms with E-state index < -0.39 is 0 Å². The quantitative estimate of drug-likeness (QED) is 0.749. The smallest absolute Gasteiger partial charge is 0.257 e. The number of hydrogen-bond acceptors (Lipinski definition) is 5. The van der Waals surface area contributed by atoms with Gasteiger partial charge in [-0.2, -0.15) is 0 Å². The molecule has 1 aromatic heterocycles. The van der Waals surface area contributed by atoms with Gasteiger partial charge in [0.2, 0.25) is 5.13 Å². The molecule has 0 fully saturated rings. The number of hydrogen-bond donors (Lipinski definition) is 1. The van der Waals surface area contributed by atoms with Gasteiger partial charge in [-0.1, -0.05) is 37.5 Å². The lowest BCUT2D eigenvalue weighted by molar-refractivity contribution is 0.102. The number of rotatable bonds is 8. The highest BCUT2D eigenvalue weighted by molar-refractivity contribution is 7.15. The molecule has 0 spiro atoms. The number of aromatic nitrogens is 2. The number of nitrogens with one attached hydrogen (secondary N) is 1. The molecule has 1 heterocycles. The van der Waals surface area contributed by atoms with Gasteiger partial charge in [0.1, 0.15) is 10.8 Å². The summed E-state index contributed by atoms with van der Waals surface area (Å²) in [5.41, 5.74) is 0.570. The van der Waals surface area contributed by atoms with Gasteiger partial charge in [-0.15, -0.1) is 10.2 Å². The molecular weight excluding hydrogens is 298 g/mol. The van der Waals surface area contributed by atoms with Crippen molar-refractivity contribution in [2.75, 3.05) is 12.4 Å². The maximum absolute atomic E-state index is 12.1. The highest BCUT2D eigenvalue weighted by atomic mass is 32.1. The number of unbranched alkanes of at least 4 members (excludes halogenated alkanes) is 3. The summed E-state index contributed by atoms with van der Waals surface area (Å²) in [4.78, 5) is 12.1. The highest BCUT2D eigenvalue weighted by Gasteiger charge is 2.10. The fraction of sp³-hybridized carbons (Fsp3) is 0.438. The third kappa shape index (κ3) is 4.80. The van der Waals surface area contributed by atoms with Crippen molar-refractivity contribution in [1.82, 2.24) is 10.2 Å². The molecule has 5 nitrogen and oxygen atoms in total. The number of carbonyl (C=O) groups excluding carboxylic acids is 1. The van der Waals surface area contributed by atoms with Crippen molar-refractivity contribution in [2.24, 2.45) is 0 Å². The predicted molar refractivity (Wildman–Crippen MR) is 88.7 cm³/mol. The molecule has 0 aliphatic carbocycles. The van der Waals surface area contributed by atoms with E-state index in [4.69, 9.17) is 4.74 Å². The summed E-state index contributed by atoms with van der Waals surface area (Å²) in [7, 11) is 1.60. The van der Waals surface area contributed by atoms with Gasteiger partial charge in [0.15, 0.2) is 0 Å². The van der Waals surface area contributed by atoms with Gasteiger partial charge >= 0.3 is 0 Å². The molecule has 1 amide bonds. The van der Waals surface area contributed by atoms with E-state index in [-0.39, 0.29) is 5.91 Å². The van der Waals surface area contributed by atoms with Crippen LogP contribution < -0.4 is 10.1 Å². The average Bonchev–Trinajstić information content (AvgIpc) is 2.99. The second-order valence-electron chi connectivity index (χ2n) is 4.99. The van der Waals surface area contributed by atoms with Crippen molar-refractivity contribution in [3.8, 4) is 5.75 Å². The Labute approximate surface area is 134 Å². The lowest BCUT2D eigenvalue weighted by Gasteiger charge is -2.02. The van der Waals surface area contributed by atoms with Crippen LogP contribution in [0.1, 0.15) is 48.0 Å². The first-order valence-corrected chi connectivity index (χ1v) is 8.32. The van der Waals surface area contributed by atoms with E-state index in [1.54, 1.807) is 31.4 Å². The molecular formula is C16H21N3O2S. The van der Waals surface area contributed by atoms with Gasteiger partial charge in [-0.25, -0.2) is 0 Å². The fourth-order valence-corrected chi connectivity index (χ4v) is 2.80. The van der Waals surface area contributed by atoms with Crippen LogP contribution in [0.15, 0.2) is 24.3 Å². The third-order valence-electron chi connectivity index (χ3n) is 3.28. The predicted octanol–water partition coefficient (Wildman–Crippen LogP) is 3.92. The molecule has 0 saturated heterocycles. The number of ether oxygens (including phenoxy) is 1. The molecule has 0 unspecified atom stereocenters. The monoisotopic (exact) mass is 319 g/mol. The number of benzene rings is 1. The van der Waals surface area contributed by atoms with Crippen molar-refractivity contribution in [3.05, 3.63) is 34.8 Å². The molecule has 2 rings (SSSR count). The van der Waals surface area contributed by atoms with E-state index in [1.165, 1.54) is 30.6 Å². The molecule has 0 bridgehead atoms. The molecule has 6 heteroatoms. The minimum Gasteiger partial charge on any atom is -0.497 e. The molecule has 0 radical (unpaired) electrons. The summed E-state index contributed by atoms with van der Waals surface area (Å²) in [5.74, 6) is 0.540. The molecule has 2 aromatic rings. The van der Waals surface area contributed by atoms with Gasteiger partial charge in [-0.05, 0) is 30.7 Å². The van der Waals surface area contributed by atoms with Gasteiger partial charge in [0, 0.05) is 12.0 Å². The average molecular weight is 319 g/mol. The Kier molecular flexibility index (Phi) is 6.33. The maximum Gasteiger partial charge on any atom is 0.257 e. The molecule has 1 N–H and O–H groups in total. The van der Waals surface area contributed by atoms with Crippen LogP contribution in [-0.4, -0.2) is 23.2 Å². The van der Waals surface area contributed by atoms with Gasteiger partial charge < -0.3 is 4.74 Å². The summed E-state index contributed by atoms with van der Waals surface area (Å²) in [6.45, 7) is 2.19. The zero-order valence-electron chi connectivity index (χ0n) is 13.0. The summed E-state index contributed by atoms with van der Waals surface area (Å²) < 4.78 is 5.07. The van der Waals surface area contributed by atoms with Crippen molar-refractivity contribution >= 4 is 22.4 Å². The summed E-state index contributed by atoms with van der Waals surface area (Å²) in [6, 6.07) is 6.96. The van der Waals surface area contributed by atoms with Crippen LogP contribution in [-0.2, 0) is 6.42 Å². The van der Waals surface area contributed by atoms with Gasteiger partial charge in [0.25, 0.3) is 5.91 Å². The molecule has 0 atom stereocenters.